The van der Waals surface area contributed by atoms with Crippen molar-refractivity contribution in [2.24, 2.45) is 5.92 Å². The zero-order valence-corrected chi connectivity index (χ0v) is 11.3. The minimum atomic E-state index is -0.0715. The fraction of sp³-hybridized carbons (Fsp3) is 0.533. The molecular formula is C15H23N3O. The van der Waals surface area contributed by atoms with E-state index in [1.807, 2.05) is 30.3 Å². The molecule has 0 atom stereocenters. The summed E-state index contributed by atoms with van der Waals surface area (Å²) in [6, 6.07) is 9.88. The molecule has 1 fully saturated rings. The molecule has 0 unspecified atom stereocenters. The third kappa shape index (κ3) is 5.30. The number of hydrogen-bond acceptors (Lipinski definition) is 2. The summed E-state index contributed by atoms with van der Waals surface area (Å²) in [5.41, 5.74) is 1.12. The zero-order valence-electron chi connectivity index (χ0n) is 11.3. The van der Waals surface area contributed by atoms with Gasteiger partial charge in [-0.3, -0.25) is 0 Å². The molecule has 3 N–H and O–H groups in total. The number of carbonyl (C=O) groups is 1. The molecule has 0 spiro atoms. The summed E-state index contributed by atoms with van der Waals surface area (Å²) in [6.45, 7) is 3.58. The summed E-state index contributed by atoms with van der Waals surface area (Å²) < 4.78 is 0. The number of hydrogen-bond donors (Lipinski definition) is 3. The Kier molecular flexibility index (Phi) is 5.69. The Morgan fingerprint density at radius 3 is 2.63 bits per heavy atom. The first-order valence-electron chi connectivity index (χ1n) is 7.11. The Balaban J connectivity index is 1.57. The largest absolute Gasteiger partial charge is 0.338 e. The van der Waals surface area contributed by atoms with Crippen LogP contribution in [0.1, 0.15) is 24.8 Å². The van der Waals surface area contributed by atoms with Crippen molar-refractivity contribution in [1.29, 1.82) is 0 Å². The highest BCUT2D eigenvalue weighted by Crippen LogP contribution is 2.14. The molecule has 1 aromatic rings. The maximum atomic E-state index is 11.6. The molecule has 0 radical (unpaired) electrons. The van der Waals surface area contributed by atoms with Gasteiger partial charge in [0, 0.05) is 13.1 Å². The SMILES string of the molecule is O=C(NCCC1CCNCC1)NCc1ccccc1. The van der Waals surface area contributed by atoms with Crippen molar-refractivity contribution in [3.05, 3.63) is 35.9 Å². The Labute approximate surface area is 115 Å². The van der Waals surface area contributed by atoms with Crippen molar-refractivity contribution >= 4 is 6.03 Å². The molecular weight excluding hydrogens is 238 g/mol. The van der Waals surface area contributed by atoms with Crippen LogP contribution >= 0.6 is 0 Å². The number of nitrogens with one attached hydrogen (secondary N) is 3. The molecule has 1 aromatic carbocycles. The third-order valence-electron chi connectivity index (χ3n) is 3.59. The van der Waals surface area contributed by atoms with Gasteiger partial charge in [0.1, 0.15) is 0 Å². The lowest BCUT2D eigenvalue weighted by Crippen LogP contribution is -2.37. The summed E-state index contributed by atoms with van der Waals surface area (Å²) >= 11 is 0. The predicted octanol–water partition coefficient (Wildman–Crippen LogP) is 1.88. The van der Waals surface area contributed by atoms with Crippen LogP contribution in [0.4, 0.5) is 4.79 Å². The average molecular weight is 261 g/mol. The standard InChI is InChI=1S/C15H23N3O/c19-15(18-12-14-4-2-1-3-5-14)17-11-8-13-6-9-16-10-7-13/h1-5,13,16H,6-12H2,(H2,17,18,19). The topological polar surface area (TPSA) is 53.2 Å². The summed E-state index contributed by atoms with van der Waals surface area (Å²) in [4.78, 5) is 11.6. The third-order valence-corrected chi connectivity index (χ3v) is 3.59. The Hall–Kier alpha value is -1.55. The number of benzene rings is 1. The van der Waals surface area contributed by atoms with E-state index in [9.17, 15) is 4.79 Å². The van der Waals surface area contributed by atoms with Gasteiger partial charge < -0.3 is 16.0 Å². The number of rotatable bonds is 5. The summed E-state index contributed by atoms with van der Waals surface area (Å²) in [7, 11) is 0. The highest BCUT2D eigenvalue weighted by Gasteiger charge is 2.12. The monoisotopic (exact) mass is 261 g/mol. The molecule has 0 aromatic heterocycles. The van der Waals surface area contributed by atoms with Gasteiger partial charge in [-0.05, 0) is 43.8 Å². The minimum Gasteiger partial charge on any atom is -0.338 e. The van der Waals surface area contributed by atoms with E-state index in [-0.39, 0.29) is 6.03 Å². The van der Waals surface area contributed by atoms with Crippen LogP contribution in [-0.2, 0) is 6.54 Å². The van der Waals surface area contributed by atoms with Crippen LogP contribution in [0.5, 0.6) is 0 Å². The van der Waals surface area contributed by atoms with Crippen LogP contribution in [-0.4, -0.2) is 25.7 Å². The second-order valence-corrected chi connectivity index (χ2v) is 5.08. The zero-order chi connectivity index (χ0) is 13.3. The molecule has 1 aliphatic rings. The van der Waals surface area contributed by atoms with Crippen LogP contribution < -0.4 is 16.0 Å². The van der Waals surface area contributed by atoms with Gasteiger partial charge in [0.05, 0.1) is 0 Å². The summed E-state index contributed by atoms with van der Waals surface area (Å²) in [5, 5.41) is 9.16. The number of carbonyl (C=O) groups excluding carboxylic acids is 1. The van der Waals surface area contributed by atoms with Crippen molar-refractivity contribution in [2.45, 2.75) is 25.8 Å². The molecule has 2 amide bonds. The minimum absolute atomic E-state index is 0.0715. The van der Waals surface area contributed by atoms with E-state index in [1.165, 1.54) is 12.8 Å². The number of piperidine rings is 1. The van der Waals surface area contributed by atoms with E-state index in [0.717, 1.165) is 37.5 Å². The van der Waals surface area contributed by atoms with Crippen molar-refractivity contribution in [3.8, 4) is 0 Å². The second-order valence-electron chi connectivity index (χ2n) is 5.08. The lowest BCUT2D eigenvalue weighted by atomic mass is 9.95. The maximum Gasteiger partial charge on any atom is 0.315 e. The average Bonchev–Trinajstić information content (AvgIpc) is 2.47. The van der Waals surface area contributed by atoms with E-state index in [1.54, 1.807) is 0 Å². The van der Waals surface area contributed by atoms with Gasteiger partial charge in [-0.15, -0.1) is 0 Å². The van der Waals surface area contributed by atoms with Crippen LogP contribution in [0.3, 0.4) is 0 Å². The van der Waals surface area contributed by atoms with Crippen LogP contribution in [0, 0.1) is 5.92 Å². The first-order valence-corrected chi connectivity index (χ1v) is 7.11. The smallest absolute Gasteiger partial charge is 0.315 e. The maximum absolute atomic E-state index is 11.6. The fourth-order valence-electron chi connectivity index (χ4n) is 2.40. The van der Waals surface area contributed by atoms with Gasteiger partial charge in [-0.2, -0.15) is 0 Å². The second kappa shape index (κ2) is 7.79. The lowest BCUT2D eigenvalue weighted by Gasteiger charge is -2.22. The highest BCUT2D eigenvalue weighted by molar-refractivity contribution is 5.73. The Bertz CT molecular complexity index is 374. The normalized spacial score (nSPS) is 16.0. The van der Waals surface area contributed by atoms with Gasteiger partial charge in [0.15, 0.2) is 0 Å². The summed E-state index contributed by atoms with van der Waals surface area (Å²) in [5.74, 6) is 0.760. The van der Waals surface area contributed by atoms with Crippen LogP contribution in [0.25, 0.3) is 0 Å². The fourth-order valence-corrected chi connectivity index (χ4v) is 2.40. The predicted molar refractivity (Wildman–Crippen MR) is 76.9 cm³/mol. The van der Waals surface area contributed by atoms with Crippen molar-refractivity contribution in [3.63, 3.8) is 0 Å². The molecule has 104 valence electrons. The van der Waals surface area contributed by atoms with Crippen LogP contribution in [0.15, 0.2) is 30.3 Å². The lowest BCUT2D eigenvalue weighted by molar-refractivity contribution is 0.239. The number of urea groups is 1. The first-order chi connectivity index (χ1) is 9.34. The van der Waals surface area contributed by atoms with E-state index < -0.39 is 0 Å². The van der Waals surface area contributed by atoms with Gasteiger partial charge in [-0.25, -0.2) is 4.79 Å². The van der Waals surface area contributed by atoms with Gasteiger partial charge in [0.25, 0.3) is 0 Å². The van der Waals surface area contributed by atoms with Crippen molar-refractivity contribution in [2.75, 3.05) is 19.6 Å². The molecule has 0 bridgehead atoms. The molecule has 4 heteroatoms. The van der Waals surface area contributed by atoms with Crippen LogP contribution in [0.2, 0.25) is 0 Å². The molecule has 1 aliphatic heterocycles. The number of amides is 2. The molecule has 0 aliphatic carbocycles. The summed E-state index contributed by atoms with van der Waals surface area (Å²) in [6.07, 6.45) is 3.54. The molecule has 1 saturated heterocycles. The molecule has 2 rings (SSSR count). The molecule has 4 nitrogen and oxygen atoms in total. The van der Waals surface area contributed by atoms with Gasteiger partial charge in [0.2, 0.25) is 0 Å². The highest BCUT2D eigenvalue weighted by atomic mass is 16.2. The van der Waals surface area contributed by atoms with Gasteiger partial charge >= 0.3 is 6.03 Å². The Morgan fingerprint density at radius 2 is 1.89 bits per heavy atom. The van der Waals surface area contributed by atoms with E-state index in [0.29, 0.717) is 6.54 Å². The van der Waals surface area contributed by atoms with Crippen molar-refractivity contribution < 1.29 is 4.79 Å². The quantitative estimate of drug-likeness (QED) is 0.758. The Morgan fingerprint density at radius 1 is 1.16 bits per heavy atom. The molecule has 0 saturated carbocycles. The van der Waals surface area contributed by atoms with E-state index in [2.05, 4.69) is 16.0 Å². The van der Waals surface area contributed by atoms with Crippen molar-refractivity contribution in [1.82, 2.24) is 16.0 Å². The molecule has 19 heavy (non-hydrogen) atoms. The van der Waals surface area contributed by atoms with E-state index >= 15 is 0 Å². The first kappa shape index (κ1) is 13.9. The molecule has 1 heterocycles. The van der Waals surface area contributed by atoms with E-state index in [4.69, 9.17) is 0 Å². The van der Waals surface area contributed by atoms with Gasteiger partial charge in [-0.1, -0.05) is 30.3 Å².